The number of hydrogen-bond donors (Lipinski definition) is 0. The molecule has 2 rings (SSSR count). The fraction of sp³-hybridized carbons (Fsp3) is 0.619. The lowest BCUT2D eigenvalue weighted by Crippen LogP contribution is -2.43. The van der Waals surface area contributed by atoms with E-state index in [9.17, 15) is 22.8 Å². The van der Waals surface area contributed by atoms with Crippen LogP contribution in [0.15, 0.2) is 24.3 Å². The molecule has 0 unspecified atom stereocenters. The predicted octanol–water partition coefficient (Wildman–Crippen LogP) is 4.23. The van der Waals surface area contributed by atoms with Gasteiger partial charge in [-0.2, -0.15) is 0 Å². The SMILES string of the molecule is CN(CC1CCN(C(=O)Cc2ccc(OC(F)(F)F)cc2)CC1)C(=O)OC(C)(C)C. The average Bonchev–Trinajstić information content (AvgIpc) is 2.61. The zero-order valence-corrected chi connectivity index (χ0v) is 17.8. The van der Waals surface area contributed by atoms with Crippen LogP contribution in [0.3, 0.4) is 0 Å². The molecule has 0 atom stereocenters. The van der Waals surface area contributed by atoms with Crippen molar-refractivity contribution in [2.75, 3.05) is 26.7 Å². The Morgan fingerprint density at radius 2 is 1.67 bits per heavy atom. The quantitative estimate of drug-likeness (QED) is 0.701. The summed E-state index contributed by atoms with van der Waals surface area (Å²) < 4.78 is 45.8. The first-order chi connectivity index (χ1) is 13.8. The molecular weight excluding hydrogens is 401 g/mol. The third kappa shape index (κ3) is 8.12. The number of rotatable bonds is 5. The molecule has 30 heavy (non-hydrogen) atoms. The van der Waals surface area contributed by atoms with E-state index < -0.39 is 12.0 Å². The fourth-order valence-electron chi connectivity index (χ4n) is 3.26. The van der Waals surface area contributed by atoms with E-state index in [0.717, 1.165) is 12.8 Å². The van der Waals surface area contributed by atoms with Gasteiger partial charge in [0.15, 0.2) is 0 Å². The Bertz CT molecular complexity index is 721. The van der Waals surface area contributed by atoms with Crippen molar-refractivity contribution in [3.05, 3.63) is 29.8 Å². The summed E-state index contributed by atoms with van der Waals surface area (Å²) in [5.74, 6) is -0.0996. The van der Waals surface area contributed by atoms with Crippen LogP contribution in [-0.2, 0) is 16.0 Å². The van der Waals surface area contributed by atoms with Crippen LogP contribution in [0.4, 0.5) is 18.0 Å². The van der Waals surface area contributed by atoms with Gasteiger partial charge in [0.05, 0.1) is 6.42 Å². The molecule has 168 valence electrons. The molecule has 0 radical (unpaired) electrons. The number of piperidine rings is 1. The number of carbonyl (C=O) groups is 2. The van der Waals surface area contributed by atoms with Crippen LogP contribution < -0.4 is 4.74 Å². The highest BCUT2D eigenvalue weighted by Gasteiger charge is 2.31. The normalized spacial score (nSPS) is 15.6. The van der Waals surface area contributed by atoms with Crippen molar-refractivity contribution in [2.45, 2.75) is 52.0 Å². The lowest BCUT2D eigenvalue weighted by molar-refractivity contribution is -0.274. The summed E-state index contributed by atoms with van der Waals surface area (Å²) in [5.41, 5.74) is 0.0828. The molecule has 0 aliphatic carbocycles. The Morgan fingerprint density at radius 1 is 1.10 bits per heavy atom. The molecule has 9 heteroatoms. The molecule has 1 saturated heterocycles. The standard InChI is InChI=1S/C21H29F3N2O4/c1-20(2,3)30-19(28)25(4)14-16-9-11-26(12-10-16)18(27)13-15-5-7-17(8-6-15)29-21(22,23)24/h5-8,16H,9-14H2,1-4H3. The van der Waals surface area contributed by atoms with Crippen molar-refractivity contribution in [1.82, 2.24) is 9.80 Å². The molecule has 1 heterocycles. The minimum Gasteiger partial charge on any atom is -0.444 e. The highest BCUT2D eigenvalue weighted by atomic mass is 19.4. The largest absolute Gasteiger partial charge is 0.573 e. The maximum absolute atomic E-state index is 12.5. The summed E-state index contributed by atoms with van der Waals surface area (Å²) in [4.78, 5) is 27.9. The van der Waals surface area contributed by atoms with Gasteiger partial charge in [-0.1, -0.05) is 12.1 Å². The second kappa shape index (κ2) is 9.57. The highest BCUT2D eigenvalue weighted by molar-refractivity contribution is 5.78. The molecule has 0 saturated carbocycles. The summed E-state index contributed by atoms with van der Waals surface area (Å²) in [6, 6.07) is 5.33. The molecule has 1 aliphatic rings. The van der Waals surface area contributed by atoms with Gasteiger partial charge in [-0.05, 0) is 57.2 Å². The molecule has 1 fully saturated rings. The van der Waals surface area contributed by atoms with Gasteiger partial charge in [-0.15, -0.1) is 13.2 Å². The van der Waals surface area contributed by atoms with E-state index in [1.165, 1.54) is 24.3 Å². The number of benzene rings is 1. The topological polar surface area (TPSA) is 59.1 Å². The van der Waals surface area contributed by atoms with Crippen molar-refractivity contribution in [2.24, 2.45) is 5.92 Å². The van der Waals surface area contributed by atoms with Crippen molar-refractivity contribution in [3.8, 4) is 5.75 Å². The zero-order chi connectivity index (χ0) is 22.5. The van der Waals surface area contributed by atoms with E-state index in [1.54, 1.807) is 16.8 Å². The van der Waals surface area contributed by atoms with E-state index >= 15 is 0 Å². The second-order valence-corrected chi connectivity index (χ2v) is 8.55. The van der Waals surface area contributed by atoms with Gasteiger partial charge in [0.1, 0.15) is 11.4 Å². The lowest BCUT2D eigenvalue weighted by Gasteiger charge is -2.34. The zero-order valence-electron chi connectivity index (χ0n) is 17.8. The summed E-state index contributed by atoms with van der Waals surface area (Å²) in [7, 11) is 1.71. The minimum atomic E-state index is -4.74. The van der Waals surface area contributed by atoms with Crippen LogP contribution >= 0.6 is 0 Å². The summed E-state index contributed by atoms with van der Waals surface area (Å²) in [5, 5.41) is 0. The Labute approximate surface area is 174 Å². The first-order valence-corrected chi connectivity index (χ1v) is 9.89. The van der Waals surface area contributed by atoms with Crippen LogP contribution in [0.1, 0.15) is 39.2 Å². The number of halogens is 3. The monoisotopic (exact) mass is 430 g/mol. The Morgan fingerprint density at radius 3 is 2.17 bits per heavy atom. The Balaban J connectivity index is 1.78. The predicted molar refractivity (Wildman–Crippen MR) is 105 cm³/mol. The first-order valence-electron chi connectivity index (χ1n) is 9.89. The van der Waals surface area contributed by atoms with Crippen LogP contribution in [0.25, 0.3) is 0 Å². The highest BCUT2D eigenvalue weighted by Crippen LogP contribution is 2.24. The smallest absolute Gasteiger partial charge is 0.444 e. The fourth-order valence-corrected chi connectivity index (χ4v) is 3.26. The van der Waals surface area contributed by atoms with E-state index in [4.69, 9.17) is 4.74 Å². The molecule has 6 nitrogen and oxygen atoms in total. The van der Waals surface area contributed by atoms with Crippen LogP contribution in [0, 0.1) is 5.92 Å². The van der Waals surface area contributed by atoms with E-state index in [0.29, 0.717) is 25.2 Å². The van der Waals surface area contributed by atoms with E-state index in [1.807, 2.05) is 20.8 Å². The molecule has 2 amide bonds. The number of carbonyl (C=O) groups excluding carboxylic acids is 2. The van der Waals surface area contributed by atoms with Gasteiger partial charge in [0, 0.05) is 26.7 Å². The van der Waals surface area contributed by atoms with Gasteiger partial charge < -0.3 is 19.3 Å². The number of hydrogen-bond acceptors (Lipinski definition) is 4. The van der Waals surface area contributed by atoms with Gasteiger partial charge in [-0.25, -0.2) is 4.79 Å². The van der Waals surface area contributed by atoms with Crippen LogP contribution in [0.2, 0.25) is 0 Å². The molecule has 0 spiro atoms. The Hall–Kier alpha value is -2.45. The van der Waals surface area contributed by atoms with Crippen molar-refractivity contribution in [3.63, 3.8) is 0 Å². The number of alkyl halides is 3. The summed E-state index contributed by atoms with van der Waals surface area (Å²) >= 11 is 0. The molecule has 1 aromatic carbocycles. The second-order valence-electron chi connectivity index (χ2n) is 8.55. The Kier molecular flexibility index (Phi) is 7.60. The molecule has 1 aliphatic heterocycles. The van der Waals surface area contributed by atoms with E-state index in [2.05, 4.69) is 4.74 Å². The number of likely N-dealkylation sites (tertiary alicyclic amines) is 1. The maximum Gasteiger partial charge on any atom is 0.573 e. The average molecular weight is 430 g/mol. The van der Waals surface area contributed by atoms with Crippen molar-refractivity contribution in [1.29, 1.82) is 0 Å². The van der Waals surface area contributed by atoms with Crippen LogP contribution in [0.5, 0.6) is 5.75 Å². The van der Waals surface area contributed by atoms with Gasteiger partial charge >= 0.3 is 12.5 Å². The molecule has 0 bridgehead atoms. The van der Waals surface area contributed by atoms with Crippen molar-refractivity contribution >= 4 is 12.0 Å². The van der Waals surface area contributed by atoms with Gasteiger partial charge in [0.2, 0.25) is 5.91 Å². The molecule has 1 aromatic rings. The van der Waals surface area contributed by atoms with Crippen molar-refractivity contribution < 1.29 is 32.2 Å². The molecule has 0 aromatic heterocycles. The van der Waals surface area contributed by atoms with Crippen LogP contribution in [-0.4, -0.2) is 60.4 Å². The third-order valence-corrected chi connectivity index (χ3v) is 4.72. The summed E-state index contributed by atoms with van der Waals surface area (Å²) in [6.45, 7) is 7.19. The number of ether oxygens (including phenoxy) is 2. The summed E-state index contributed by atoms with van der Waals surface area (Å²) in [6.07, 6.45) is -3.43. The number of amides is 2. The molecule has 0 N–H and O–H groups in total. The van der Waals surface area contributed by atoms with E-state index in [-0.39, 0.29) is 30.1 Å². The maximum atomic E-state index is 12.5. The molecular formula is C21H29F3N2O4. The van der Waals surface area contributed by atoms with Gasteiger partial charge in [0.25, 0.3) is 0 Å². The minimum absolute atomic E-state index is 0.0709. The first kappa shape index (κ1) is 23.8. The lowest BCUT2D eigenvalue weighted by atomic mass is 9.96. The number of nitrogens with zero attached hydrogens (tertiary/aromatic N) is 2. The van der Waals surface area contributed by atoms with Gasteiger partial charge in [-0.3, -0.25) is 4.79 Å². The third-order valence-electron chi connectivity index (χ3n) is 4.72.